The van der Waals surface area contributed by atoms with Crippen LogP contribution in [0.5, 0.6) is 17.2 Å². The summed E-state index contributed by atoms with van der Waals surface area (Å²) >= 11 is 0. The summed E-state index contributed by atoms with van der Waals surface area (Å²) in [6, 6.07) is 16.9. The molecule has 0 amide bonds. The zero-order chi connectivity index (χ0) is 27.4. The van der Waals surface area contributed by atoms with E-state index in [-0.39, 0.29) is 5.69 Å². The van der Waals surface area contributed by atoms with Gasteiger partial charge in [0.15, 0.2) is 5.75 Å². The summed E-state index contributed by atoms with van der Waals surface area (Å²) in [5.41, 5.74) is 10.8. The highest BCUT2D eigenvalue weighted by molar-refractivity contribution is 5.60. The number of methoxy groups -OCH3 is 3. The van der Waals surface area contributed by atoms with Crippen molar-refractivity contribution in [2.24, 2.45) is 0 Å². The highest BCUT2D eigenvalue weighted by Crippen LogP contribution is 2.29. The molecule has 4 rings (SSSR count). The third-order valence-corrected chi connectivity index (χ3v) is 5.71. The van der Waals surface area contributed by atoms with Crippen LogP contribution in [0.15, 0.2) is 54.6 Å². The summed E-state index contributed by atoms with van der Waals surface area (Å²) in [6.07, 6.45) is 0. The maximum Gasteiger partial charge on any atom is 0.310 e. The van der Waals surface area contributed by atoms with Crippen LogP contribution in [-0.4, -0.2) is 52.4 Å². The fourth-order valence-electron chi connectivity index (χ4n) is 3.71. The second kappa shape index (κ2) is 14.5. The largest absolute Gasteiger partial charge is 0.495 e. The number of aryl methyl sites for hydroxylation is 3. The molecule has 0 bridgehead atoms. The Balaban J connectivity index is 0.000000200. The van der Waals surface area contributed by atoms with Gasteiger partial charge < -0.3 is 30.2 Å². The van der Waals surface area contributed by atoms with Crippen molar-refractivity contribution in [3.05, 3.63) is 81.4 Å². The van der Waals surface area contributed by atoms with E-state index in [0.29, 0.717) is 11.4 Å². The SMILES string of the molecule is COc1cc(C)ccc1N.COc1cc(C)ccc1N1CCNCC1.COc1cc(C)ccc1[N+](=O)[O-]. The van der Waals surface area contributed by atoms with Gasteiger partial charge in [-0.15, -0.1) is 0 Å². The van der Waals surface area contributed by atoms with Crippen LogP contribution in [0.3, 0.4) is 0 Å². The quantitative estimate of drug-likeness (QED) is 0.283. The van der Waals surface area contributed by atoms with Crippen molar-refractivity contribution in [2.45, 2.75) is 20.8 Å². The van der Waals surface area contributed by atoms with Crippen LogP contribution in [0.4, 0.5) is 17.1 Å². The first-order valence-electron chi connectivity index (χ1n) is 12.0. The van der Waals surface area contributed by atoms with Gasteiger partial charge in [0.25, 0.3) is 0 Å². The fourth-order valence-corrected chi connectivity index (χ4v) is 3.71. The molecule has 0 unspecified atom stereocenters. The molecule has 0 spiro atoms. The third kappa shape index (κ3) is 8.88. The van der Waals surface area contributed by atoms with Crippen molar-refractivity contribution >= 4 is 17.1 Å². The Kier molecular flexibility index (Phi) is 11.5. The molecule has 9 nitrogen and oxygen atoms in total. The Morgan fingerprint density at radius 1 is 0.784 bits per heavy atom. The number of anilines is 2. The molecule has 0 radical (unpaired) electrons. The van der Waals surface area contributed by atoms with Gasteiger partial charge in [-0.2, -0.15) is 0 Å². The van der Waals surface area contributed by atoms with Gasteiger partial charge in [-0.1, -0.05) is 18.2 Å². The van der Waals surface area contributed by atoms with E-state index < -0.39 is 4.92 Å². The number of nitrogens with zero attached hydrogens (tertiary/aromatic N) is 2. The molecule has 0 aromatic heterocycles. The lowest BCUT2D eigenvalue weighted by molar-refractivity contribution is -0.385. The number of benzene rings is 3. The van der Waals surface area contributed by atoms with Crippen LogP contribution in [0.25, 0.3) is 0 Å². The molecule has 1 saturated heterocycles. The van der Waals surface area contributed by atoms with Crippen molar-refractivity contribution in [3.8, 4) is 17.2 Å². The van der Waals surface area contributed by atoms with Gasteiger partial charge in [-0.05, 0) is 67.8 Å². The number of nitrogens with two attached hydrogens (primary N) is 1. The van der Waals surface area contributed by atoms with Crippen LogP contribution >= 0.6 is 0 Å². The fraction of sp³-hybridized carbons (Fsp3) is 0.357. The number of nitro groups is 1. The molecule has 0 atom stereocenters. The van der Waals surface area contributed by atoms with E-state index in [1.165, 1.54) is 24.4 Å². The number of ether oxygens (including phenoxy) is 3. The van der Waals surface area contributed by atoms with Crippen molar-refractivity contribution in [1.82, 2.24) is 5.32 Å². The Morgan fingerprint density at radius 3 is 1.78 bits per heavy atom. The van der Waals surface area contributed by atoms with E-state index >= 15 is 0 Å². The zero-order valence-corrected chi connectivity index (χ0v) is 22.5. The highest BCUT2D eigenvalue weighted by Gasteiger charge is 2.14. The minimum Gasteiger partial charge on any atom is -0.495 e. The van der Waals surface area contributed by atoms with Crippen molar-refractivity contribution in [2.75, 3.05) is 58.1 Å². The van der Waals surface area contributed by atoms with Crippen molar-refractivity contribution in [1.29, 1.82) is 0 Å². The van der Waals surface area contributed by atoms with Crippen molar-refractivity contribution < 1.29 is 19.1 Å². The van der Waals surface area contributed by atoms with E-state index in [1.54, 1.807) is 26.4 Å². The monoisotopic (exact) mass is 510 g/mol. The minimum absolute atomic E-state index is 0.00287. The Morgan fingerprint density at radius 2 is 1.27 bits per heavy atom. The maximum atomic E-state index is 10.4. The second-order valence-corrected chi connectivity index (χ2v) is 8.59. The first-order valence-corrected chi connectivity index (χ1v) is 12.0. The molecule has 3 aromatic carbocycles. The van der Waals surface area contributed by atoms with Crippen LogP contribution in [0.1, 0.15) is 16.7 Å². The summed E-state index contributed by atoms with van der Waals surface area (Å²) in [5, 5.41) is 13.8. The Hall–Kier alpha value is -3.98. The number of nitro benzene ring substituents is 1. The topological polar surface area (TPSA) is 112 Å². The molecule has 1 fully saturated rings. The van der Waals surface area contributed by atoms with Crippen LogP contribution < -0.4 is 30.2 Å². The standard InChI is InChI=1S/C12H18N2O.C8H9NO3.C8H11NO/c1-10-3-4-11(12(9-10)15-2)14-7-5-13-6-8-14;1-6-3-4-7(9(10)11)8(5-6)12-2;1-6-3-4-7(9)8(5-6)10-2/h3-4,9,13H,5-8H2,1-2H3;3-5H,1-2H3;3-5H,9H2,1-2H3. The van der Waals surface area contributed by atoms with Gasteiger partial charge in [-0.3, -0.25) is 10.1 Å². The summed E-state index contributed by atoms with van der Waals surface area (Å²) < 4.78 is 15.3. The van der Waals surface area contributed by atoms with Gasteiger partial charge in [-0.25, -0.2) is 0 Å². The average molecular weight is 511 g/mol. The average Bonchev–Trinajstić information content (AvgIpc) is 2.90. The van der Waals surface area contributed by atoms with Crippen LogP contribution in [0.2, 0.25) is 0 Å². The molecule has 9 heteroatoms. The maximum absolute atomic E-state index is 10.4. The zero-order valence-electron chi connectivity index (χ0n) is 22.5. The lowest BCUT2D eigenvalue weighted by atomic mass is 10.2. The molecule has 3 N–H and O–H groups in total. The summed E-state index contributed by atoms with van der Waals surface area (Å²) in [7, 11) is 4.77. The molecule has 0 saturated carbocycles. The van der Waals surface area contributed by atoms with Crippen molar-refractivity contribution in [3.63, 3.8) is 0 Å². The van der Waals surface area contributed by atoms with Crippen LogP contribution in [-0.2, 0) is 0 Å². The number of rotatable bonds is 5. The van der Waals surface area contributed by atoms with Gasteiger partial charge in [0.1, 0.15) is 11.5 Å². The predicted octanol–water partition coefficient (Wildman–Crippen LogP) is 4.91. The lowest BCUT2D eigenvalue weighted by Crippen LogP contribution is -2.43. The number of piperazine rings is 1. The molecule has 1 aliphatic rings. The Bertz CT molecular complexity index is 1160. The molecule has 0 aliphatic carbocycles. The van der Waals surface area contributed by atoms with Gasteiger partial charge in [0.2, 0.25) is 0 Å². The van der Waals surface area contributed by atoms with E-state index in [1.807, 2.05) is 32.0 Å². The molecular formula is C28H38N4O5. The number of hydrogen-bond donors (Lipinski definition) is 2. The molecule has 1 heterocycles. The van der Waals surface area contributed by atoms with Crippen LogP contribution in [0, 0.1) is 30.9 Å². The number of nitrogen functional groups attached to an aromatic ring is 1. The van der Waals surface area contributed by atoms with Gasteiger partial charge in [0.05, 0.1) is 37.6 Å². The second-order valence-electron chi connectivity index (χ2n) is 8.59. The van der Waals surface area contributed by atoms with Gasteiger partial charge >= 0.3 is 5.69 Å². The third-order valence-electron chi connectivity index (χ3n) is 5.71. The van der Waals surface area contributed by atoms with Gasteiger partial charge in [0, 0.05) is 32.2 Å². The summed E-state index contributed by atoms with van der Waals surface area (Å²) in [6.45, 7) is 10.2. The summed E-state index contributed by atoms with van der Waals surface area (Å²) in [5.74, 6) is 2.04. The first kappa shape index (κ1) is 29.3. The molecular weight excluding hydrogens is 472 g/mol. The molecule has 200 valence electrons. The summed E-state index contributed by atoms with van der Waals surface area (Å²) in [4.78, 5) is 12.3. The van der Waals surface area contributed by atoms with E-state index in [9.17, 15) is 10.1 Å². The molecule has 37 heavy (non-hydrogen) atoms. The van der Waals surface area contributed by atoms with E-state index in [2.05, 4.69) is 35.3 Å². The lowest BCUT2D eigenvalue weighted by Gasteiger charge is -2.30. The highest BCUT2D eigenvalue weighted by atomic mass is 16.6. The molecule has 3 aromatic rings. The smallest absolute Gasteiger partial charge is 0.310 e. The minimum atomic E-state index is -0.460. The number of hydrogen-bond acceptors (Lipinski definition) is 8. The Labute approximate surface area is 219 Å². The number of nitrogens with one attached hydrogen (secondary N) is 1. The molecule has 1 aliphatic heterocycles. The van der Waals surface area contributed by atoms with E-state index in [4.69, 9.17) is 19.9 Å². The first-order chi connectivity index (χ1) is 17.7. The predicted molar refractivity (Wildman–Crippen MR) is 149 cm³/mol. The normalized spacial score (nSPS) is 12.3. The van der Waals surface area contributed by atoms with E-state index in [0.717, 1.165) is 48.8 Å².